The highest BCUT2D eigenvalue weighted by molar-refractivity contribution is 5.91. The van der Waals surface area contributed by atoms with Gasteiger partial charge >= 0.3 is 0 Å². The summed E-state index contributed by atoms with van der Waals surface area (Å²) < 4.78 is 10.8. The Morgan fingerprint density at radius 1 is 0.923 bits per heavy atom. The normalized spacial score (nSPS) is 12.3. The lowest BCUT2D eigenvalue weighted by Crippen LogP contribution is -2.02. The molecule has 0 saturated carbocycles. The Kier molecular flexibility index (Phi) is 3.31. The van der Waals surface area contributed by atoms with Crippen LogP contribution in [0.15, 0.2) is 54.7 Å². The number of para-hydroxylation sites is 1. The second kappa shape index (κ2) is 5.92. The van der Waals surface area contributed by atoms with Gasteiger partial charge in [0.2, 0.25) is 12.7 Å². The van der Waals surface area contributed by atoms with Crippen molar-refractivity contribution in [1.82, 2.24) is 20.2 Å². The van der Waals surface area contributed by atoms with E-state index >= 15 is 0 Å². The third kappa shape index (κ3) is 2.63. The molecule has 0 fully saturated rings. The first kappa shape index (κ1) is 14.5. The SMILES string of the molecule is c1ccc2c(Nc3ccn[nH]3)nc(Nc3ccc4c(c3)OCO4)nc2c1. The largest absolute Gasteiger partial charge is 0.454 e. The van der Waals surface area contributed by atoms with Gasteiger partial charge in [0.15, 0.2) is 11.5 Å². The molecule has 1 aliphatic rings. The summed E-state index contributed by atoms with van der Waals surface area (Å²) in [5, 5.41) is 14.2. The highest BCUT2D eigenvalue weighted by Gasteiger charge is 2.14. The van der Waals surface area contributed by atoms with Crippen LogP contribution in [-0.4, -0.2) is 27.0 Å². The minimum Gasteiger partial charge on any atom is -0.454 e. The first-order chi connectivity index (χ1) is 12.8. The maximum atomic E-state index is 5.41. The summed E-state index contributed by atoms with van der Waals surface area (Å²) >= 11 is 0. The zero-order chi connectivity index (χ0) is 17.3. The van der Waals surface area contributed by atoms with E-state index in [1.54, 1.807) is 6.20 Å². The number of anilines is 4. The number of ether oxygens (including phenoxy) is 2. The first-order valence-electron chi connectivity index (χ1n) is 8.05. The molecule has 128 valence electrons. The fourth-order valence-electron chi connectivity index (χ4n) is 2.78. The van der Waals surface area contributed by atoms with E-state index in [0.29, 0.717) is 17.5 Å². The number of aromatic amines is 1. The van der Waals surface area contributed by atoms with E-state index in [1.165, 1.54) is 0 Å². The average molecular weight is 346 g/mol. The lowest BCUT2D eigenvalue weighted by atomic mass is 10.2. The molecule has 5 rings (SSSR count). The molecule has 0 radical (unpaired) electrons. The van der Waals surface area contributed by atoms with Crippen molar-refractivity contribution in [2.24, 2.45) is 0 Å². The third-order valence-corrected chi connectivity index (χ3v) is 3.99. The lowest BCUT2D eigenvalue weighted by Gasteiger charge is -2.11. The Morgan fingerprint density at radius 3 is 2.77 bits per heavy atom. The van der Waals surface area contributed by atoms with Crippen LogP contribution in [0.25, 0.3) is 10.9 Å². The van der Waals surface area contributed by atoms with E-state index in [4.69, 9.17) is 9.47 Å². The van der Waals surface area contributed by atoms with E-state index in [-0.39, 0.29) is 6.79 Å². The maximum absolute atomic E-state index is 5.41. The Balaban J connectivity index is 1.53. The Morgan fingerprint density at radius 2 is 1.85 bits per heavy atom. The van der Waals surface area contributed by atoms with Gasteiger partial charge in [0.1, 0.15) is 11.6 Å². The molecule has 0 amide bonds. The van der Waals surface area contributed by atoms with Crippen LogP contribution in [0.4, 0.5) is 23.3 Å². The third-order valence-electron chi connectivity index (χ3n) is 3.99. The van der Waals surface area contributed by atoms with Gasteiger partial charge in [-0.15, -0.1) is 0 Å². The molecular weight excluding hydrogens is 332 g/mol. The van der Waals surface area contributed by atoms with Crippen LogP contribution in [0, 0.1) is 0 Å². The second-order valence-electron chi connectivity index (χ2n) is 5.70. The van der Waals surface area contributed by atoms with Crippen LogP contribution < -0.4 is 20.1 Å². The van der Waals surface area contributed by atoms with Crippen molar-refractivity contribution in [3.63, 3.8) is 0 Å². The predicted molar refractivity (Wildman–Crippen MR) is 97.3 cm³/mol. The van der Waals surface area contributed by atoms with E-state index in [1.807, 2.05) is 48.5 Å². The highest BCUT2D eigenvalue weighted by Crippen LogP contribution is 2.35. The molecule has 4 aromatic rings. The van der Waals surface area contributed by atoms with Crippen molar-refractivity contribution in [2.75, 3.05) is 17.4 Å². The number of benzene rings is 2. The van der Waals surface area contributed by atoms with Gasteiger partial charge in [-0.1, -0.05) is 12.1 Å². The van der Waals surface area contributed by atoms with Gasteiger partial charge in [0, 0.05) is 23.2 Å². The summed E-state index contributed by atoms with van der Waals surface area (Å²) in [7, 11) is 0. The summed E-state index contributed by atoms with van der Waals surface area (Å²) in [6.07, 6.45) is 1.68. The molecule has 8 heteroatoms. The van der Waals surface area contributed by atoms with E-state index in [0.717, 1.165) is 28.2 Å². The number of nitrogens with zero attached hydrogens (tertiary/aromatic N) is 3. The number of nitrogens with one attached hydrogen (secondary N) is 3. The molecule has 2 aromatic heterocycles. The highest BCUT2D eigenvalue weighted by atomic mass is 16.7. The van der Waals surface area contributed by atoms with Crippen molar-refractivity contribution in [1.29, 1.82) is 0 Å². The fraction of sp³-hybridized carbons (Fsp3) is 0.0556. The molecular formula is C18H14N6O2. The minimum atomic E-state index is 0.240. The van der Waals surface area contributed by atoms with Crippen LogP contribution in [0.1, 0.15) is 0 Å². The standard InChI is InChI=1S/C18H14N6O2/c1-2-4-13-12(3-1)17(22-16-7-8-19-24-16)23-18(21-13)20-11-5-6-14-15(9-11)26-10-25-14/h1-9H,10H2,(H3,19,20,21,22,23,24). The smallest absolute Gasteiger partial charge is 0.231 e. The molecule has 1 aliphatic heterocycles. The van der Waals surface area contributed by atoms with Crippen molar-refractivity contribution in [3.05, 3.63) is 54.7 Å². The molecule has 0 bridgehead atoms. The van der Waals surface area contributed by atoms with E-state index < -0.39 is 0 Å². The van der Waals surface area contributed by atoms with Crippen LogP contribution in [0.3, 0.4) is 0 Å². The Hall–Kier alpha value is -3.81. The number of aromatic nitrogens is 4. The number of fused-ring (bicyclic) bond motifs is 2. The minimum absolute atomic E-state index is 0.240. The Bertz CT molecular complexity index is 1080. The van der Waals surface area contributed by atoms with Crippen molar-refractivity contribution in [2.45, 2.75) is 0 Å². The molecule has 3 heterocycles. The van der Waals surface area contributed by atoms with Gasteiger partial charge in [0.05, 0.1) is 11.7 Å². The molecule has 2 aromatic carbocycles. The topological polar surface area (TPSA) is 97.0 Å². The second-order valence-corrected chi connectivity index (χ2v) is 5.70. The van der Waals surface area contributed by atoms with Gasteiger partial charge < -0.3 is 20.1 Å². The number of H-pyrrole nitrogens is 1. The predicted octanol–water partition coefficient (Wildman–Crippen LogP) is 3.57. The van der Waals surface area contributed by atoms with Crippen LogP contribution in [-0.2, 0) is 0 Å². The van der Waals surface area contributed by atoms with Gasteiger partial charge in [-0.2, -0.15) is 10.1 Å². The Labute approximate surface area is 148 Å². The monoisotopic (exact) mass is 346 g/mol. The van der Waals surface area contributed by atoms with E-state index in [2.05, 4.69) is 30.8 Å². The van der Waals surface area contributed by atoms with Gasteiger partial charge in [-0.05, 0) is 24.3 Å². The number of hydrogen-bond donors (Lipinski definition) is 3. The van der Waals surface area contributed by atoms with Crippen LogP contribution >= 0.6 is 0 Å². The molecule has 8 nitrogen and oxygen atoms in total. The van der Waals surface area contributed by atoms with Crippen molar-refractivity contribution < 1.29 is 9.47 Å². The molecule has 0 unspecified atom stereocenters. The van der Waals surface area contributed by atoms with Crippen molar-refractivity contribution in [3.8, 4) is 11.5 Å². The molecule has 3 N–H and O–H groups in total. The summed E-state index contributed by atoms with van der Waals surface area (Å²) in [6.45, 7) is 0.240. The molecule has 0 spiro atoms. The first-order valence-corrected chi connectivity index (χ1v) is 8.05. The summed E-state index contributed by atoms with van der Waals surface area (Å²) in [4.78, 5) is 9.21. The van der Waals surface area contributed by atoms with Crippen LogP contribution in [0.5, 0.6) is 11.5 Å². The zero-order valence-corrected chi connectivity index (χ0v) is 13.6. The van der Waals surface area contributed by atoms with Gasteiger partial charge in [-0.25, -0.2) is 4.98 Å². The maximum Gasteiger partial charge on any atom is 0.231 e. The summed E-state index contributed by atoms with van der Waals surface area (Å²) in [5.41, 5.74) is 1.64. The van der Waals surface area contributed by atoms with Gasteiger partial charge in [-0.3, -0.25) is 5.10 Å². The quantitative estimate of drug-likeness (QED) is 0.520. The molecule has 0 atom stereocenters. The van der Waals surface area contributed by atoms with Crippen molar-refractivity contribution >= 4 is 34.2 Å². The summed E-state index contributed by atoms with van der Waals surface area (Å²) in [6, 6.07) is 15.3. The molecule has 0 aliphatic carbocycles. The molecule has 0 saturated heterocycles. The lowest BCUT2D eigenvalue weighted by molar-refractivity contribution is 0.174. The molecule has 26 heavy (non-hydrogen) atoms. The number of hydrogen-bond acceptors (Lipinski definition) is 7. The van der Waals surface area contributed by atoms with E-state index in [9.17, 15) is 0 Å². The summed E-state index contributed by atoms with van der Waals surface area (Å²) in [5.74, 6) is 3.35. The fourth-order valence-corrected chi connectivity index (χ4v) is 2.78. The average Bonchev–Trinajstić information content (AvgIpc) is 3.33. The zero-order valence-electron chi connectivity index (χ0n) is 13.6. The van der Waals surface area contributed by atoms with Gasteiger partial charge in [0.25, 0.3) is 0 Å². The van der Waals surface area contributed by atoms with Crippen LogP contribution in [0.2, 0.25) is 0 Å². The number of rotatable bonds is 4.